The summed E-state index contributed by atoms with van der Waals surface area (Å²) in [5, 5.41) is 6.05. The molecule has 3 rings (SSSR count). The third kappa shape index (κ3) is 3.85. The third-order valence-corrected chi connectivity index (χ3v) is 4.62. The number of rotatable bonds is 3. The van der Waals surface area contributed by atoms with Crippen molar-refractivity contribution in [2.24, 2.45) is 5.92 Å². The summed E-state index contributed by atoms with van der Waals surface area (Å²) in [6, 6.07) is 7.63. The number of fused-ring (bicyclic) bond motifs is 1. The van der Waals surface area contributed by atoms with Crippen molar-refractivity contribution in [1.29, 1.82) is 0 Å². The fraction of sp³-hybridized carbons (Fsp3) is 0.529. The number of hydrogen-bond acceptors (Lipinski definition) is 3. The zero-order chi connectivity index (χ0) is 15.5. The molecule has 2 aliphatic rings. The van der Waals surface area contributed by atoms with Crippen molar-refractivity contribution in [3.05, 3.63) is 29.8 Å². The second kappa shape index (κ2) is 7.79. The van der Waals surface area contributed by atoms with Crippen LogP contribution in [0.25, 0.3) is 0 Å². The molecule has 2 heterocycles. The Bertz CT molecular complexity index is 577. The van der Waals surface area contributed by atoms with E-state index in [9.17, 15) is 9.59 Å². The number of para-hydroxylation sites is 1. The maximum Gasteiger partial charge on any atom is 0.230 e. The van der Waals surface area contributed by atoms with Gasteiger partial charge in [0.2, 0.25) is 11.8 Å². The van der Waals surface area contributed by atoms with Crippen LogP contribution in [0, 0.1) is 5.92 Å². The molecule has 0 saturated carbocycles. The molecule has 1 aromatic carbocycles. The molecule has 2 atom stereocenters. The maximum atomic E-state index is 12.9. The van der Waals surface area contributed by atoms with E-state index < -0.39 is 0 Å². The lowest BCUT2D eigenvalue weighted by Gasteiger charge is -2.36. The number of anilines is 1. The maximum absolute atomic E-state index is 12.9. The van der Waals surface area contributed by atoms with Gasteiger partial charge in [0.05, 0.1) is 5.92 Å². The van der Waals surface area contributed by atoms with Crippen LogP contribution in [-0.2, 0) is 9.59 Å². The number of amides is 2. The first-order valence-corrected chi connectivity index (χ1v) is 8.01. The summed E-state index contributed by atoms with van der Waals surface area (Å²) in [5.74, 6) is 0.206. The Morgan fingerprint density at radius 2 is 2.17 bits per heavy atom. The molecule has 2 amide bonds. The molecule has 23 heavy (non-hydrogen) atoms. The monoisotopic (exact) mass is 337 g/mol. The summed E-state index contributed by atoms with van der Waals surface area (Å²) in [5.41, 5.74) is 1.73. The molecule has 0 aromatic heterocycles. The van der Waals surface area contributed by atoms with Crippen molar-refractivity contribution < 1.29 is 9.59 Å². The fourth-order valence-electron chi connectivity index (χ4n) is 3.57. The Morgan fingerprint density at radius 3 is 2.96 bits per heavy atom. The molecule has 2 N–H and O–H groups in total. The molecule has 0 bridgehead atoms. The number of nitrogens with one attached hydrogen (secondary N) is 2. The second-order valence-electron chi connectivity index (χ2n) is 6.24. The molecule has 2 unspecified atom stereocenters. The standard InChI is InChI=1S/C17H23N3O2.ClH/c1-18-10-12-5-4-8-20(11-12)17(22)14-9-16(21)19-15-7-3-2-6-13(14)15;/h2-3,6-7,12,14,18H,4-5,8-11H2,1H3,(H,19,21);1H. The van der Waals surface area contributed by atoms with Gasteiger partial charge in [0, 0.05) is 25.2 Å². The molecule has 0 radical (unpaired) electrons. The molecule has 0 aliphatic carbocycles. The molecule has 2 aliphatic heterocycles. The zero-order valence-corrected chi connectivity index (χ0v) is 14.2. The minimum Gasteiger partial charge on any atom is -0.342 e. The van der Waals surface area contributed by atoms with Crippen molar-refractivity contribution in [1.82, 2.24) is 10.2 Å². The van der Waals surface area contributed by atoms with Crippen molar-refractivity contribution in [3.63, 3.8) is 0 Å². The highest BCUT2D eigenvalue weighted by molar-refractivity contribution is 6.01. The van der Waals surface area contributed by atoms with Gasteiger partial charge in [-0.15, -0.1) is 12.4 Å². The number of carbonyl (C=O) groups is 2. The van der Waals surface area contributed by atoms with Gasteiger partial charge in [-0.05, 0) is 44.0 Å². The van der Waals surface area contributed by atoms with Crippen LogP contribution in [0.4, 0.5) is 5.69 Å². The lowest BCUT2D eigenvalue weighted by molar-refractivity contribution is -0.136. The number of benzene rings is 1. The van der Waals surface area contributed by atoms with Gasteiger partial charge in [-0.25, -0.2) is 0 Å². The molecular weight excluding hydrogens is 314 g/mol. The number of nitrogens with zero attached hydrogens (tertiary/aromatic N) is 1. The molecule has 6 heteroatoms. The molecule has 1 fully saturated rings. The van der Waals surface area contributed by atoms with Gasteiger partial charge >= 0.3 is 0 Å². The van der Waals surface area contributed by atoms with Crippen LogP contribution in [0.2, 0.25) is 0 Å². The SMILES string of the molecule is CNCC1CCCN(C(=O)C2CC(=O)Nc3ccccc32)C1.Cl. The van der Waals surface area contributed by atoms with E-state index in [4.69, 9.17) is 0 Å². The third-order valence-electron chi connectivity index (χ3n) is 4.62. The first-order valence-electron chi connectivity index (χ1n) is 8.01. The van der Waals surface area contributed by atoms with Gasteiger partial charge in [-0.3, -0.25) is 9.59 Å². The zero-order valence-electron chi connectivity index (χ0n) is 13.4. The van der Waals surface area contributed by atoms with Crippen LogP contribution >= 0.6 is 12.4 Å². The van der Waals surface area contributed by atoms with Gasteiger partial charge in [0.15, 0.2) is 0 Å². The summed E-state index contributed by atoms with van der Waals surface area (Å²) in [6.07, 6.45) is 2.45. The summed E-state index contributed by atoms with van der Waals surface area (Å²) in [4.78, 5) is 26.8. The molecule has 1 aromatic rings. The van der Waals surface area contributed by atoms with Crippen LogP contribution in [0.1, 0.15) is 30.7 Å². The molecular formula is C17H24ClN3O2. The Morgan fingerprint density at radius 1 is 1.39 bits per heavy atom. The van der Waals surface area contributed by atoms with E-state index >= 15 is 0 Å². The van der Waals surface area contributed by atoms with E-state index in [0.29, 0.717) is 5.92 Å². The Balaban J connectivity index is 0.00000192. The van der Waals surface area contributed by atoms with E-state index in [-0.39, 0.29) is 36.6 Å². The molecule has 0 spiro atoms. The predicted molar refractivity (Wildman–Crippen MR) is 92.9 cm³/mol. The first kappa shape index (κ1) is 17.8. The van der Waals surface area contributed by atoms with Gasteiger partial charge in [-0.2, -0.15) is 0 Å². The first-order chi connectivity index (χ1) is 10.7. The predicted octanol–water partition coefficient (Wildman–Crippen LogP) is 1.99. The van der Waals surface area contributed by atoms with Crippen LogP contribution in [0.3, 0.4) is 0 Å². The van der Waals surface area contributed by atoms with Gasteiger partial charge < -0.3 is 15.5 Å². The number of carbonyl (C=O) groups excluding carboxylic acids is 2. The van der Waals surface area contributed by atoms with E-state index in [1.807, 2.05) is 36.2 Å². The summed E-state index contributed by atoms with van der Waals surface area (Å²) < 4.78 is 0. The summed E-state index contributed by atoms with van der Waals surface area (Å²) in [6.45, 7) is 2.53. The van der Waals surface area contributed by atoms with E-state index in [1.165, 1.54) is 0 Å². The van der Waals surface area contributed by atoms with Gasteiger partial charge in [0.25, 0.3) is 0 Å². The molecule has 5 nitrogen and oxygen atoms in total. The minimum atomic E-state index is -0.335. The van der Waals surface area contributed by atoms with Gasteiger partial charge in [0.1, 0.15) is 0 Å². The number of likely N-dealkylation sites (tertiary alicyclic amines) is 1. The Labute approximate surface area is 143 Å². The Kier molecular flexibility index (Phi) is 6.02. The Hall–Kier alpha value is -1.59. The second-order valence-corrected chi connectivity index (χ2v) is 6.24. The van der Waals surface area contributed by atoms with Crippen molar-refractivity contribution >= 4 is 29.9 Å². The van der Waals surface area contributed by atoms with E-state index in [2.05, 4.69) is 10.6 Å². The van der Waals surface area contributed by atoms with Gasteiger partial charge in [-0.1, -0.05) is 18.2 Å². The average molecular weight is 338 g/mol. The van der Waals surface area contributed by atoms with E-state index in [0.717, 1.165) is 43.7 Å². The topological polar surface area (TPSA) is 61.4 Å². The van der Waals surface area contributed by atoms with Crippen LogP contribution < -0.4 is 10.6 Å². The quantitative estimate of drug-likeness (QED) is 0.886. The van der Waals surface area contributed by atoms with Crippen molar-refractivity contribution in [3.8, 4) is 0 Å². The highest BCUT2D eigenvalue weighted by Gasteiger charge is 2.34. The summed E-state index contributed by atoms with van der Waals surface area (Å²) in [7, 11) is 1.95. The molecule has 126 valence electrons. The van der Waals surface area contributed by atoms with E-state index in [1.54, 1.807) is 0 Å². The summed E-state index contributed by atoms with van der Waals surface area (Å²) >= 11 is 0. The average Bonchev–Trinajstić information content (AvgIpc) is 2.54. The van der Waals surface area contributed by atoms with Crippen LogP contribution in [0.15, 0.2) is 24.3 Å². The molecule has 1 saturated heterocycles. The van der Waals surface area contributed by atoms with Crippen molar-refractivity contribution in [2.75, 3.05) is 32.0 Å². The highest BCUT2D eigenvalue weighted by atomic mass is 35.5. The number of hydrogen-bond donors (Lipinski definition) is 2. The van der Waals surface area contributed by atoms with Crippen LogP contribution in [-0.4, -0.2) is 43.4 Å². The van der Waals surface area contributed by atoms with Crippen molar-refractivity contribution in [2.45, 2.75) is 25.2 Å². The minimum absolute atomic E-state index is 0. The lowest BCUT2D eigenvalue weighted by atomic mass is 9.88. The largest absolute Gasteiger partial charge is 0.342 e. The number of piperidine rings is 1. The lowest BCUT2D eigenvalue weighted by Crippen LogP contribution is -2.45. The highest BCUT2D eigenvalue weighted by Crippen LogP contribution is 2.34. The number of halogens is 1. The fourth-order valence-corrected chi connectivity index (χ4v) is 3.57. The smallest absolute Gasteiger partial charge is 0.230 e. The normalized spacial score (nSPS) is 23.5. The van der Waals surface area contributed by atoms with Crippen LogP contribution in [0.5, 0.6) is 0 Å².